The van der Waals surface area contributed by atoms with Crippen LogP contribution < -0.4 is 11.3 Å². The van der Waals surface area contributed by atoms with Crippen LogP contribution in [-0.2, 0) is 9.84 Å². The summed E-state index contributed by atoms with van der Waals surface area (Å²) in [5.74, 6) is 5.45. The molecule has 0 amide bonds. The predicted molar refractivity (Wildman–Crippen MR) is 64.5 cm³/mol. The van der Waals surface area contributed by atoms with Crippen LogP contribution in [0.2, 0.25) is 0 Å². The van der Waals surface area contributed by atoms with Crippen molar-refractivity contribution in [2.24, 2.45) is 5.84 Å². The highest BCUT2D eigenvalue weighted by Gasteiger charge is 2.12. The quantitative estimate of drug-likeness (QED) is 0.604. The molecular weight excluding hydrogens is 224 g/mol. The number of hydrogen-bond donors (Lipinski definition) is 2. The van der Waals surface area contributed by atoms with Gasteiger partial charge in [-0.05, 0) is 24.1 Å². The van der Waals surface area contributed by atoms with Crippen LogP contribution in [0.1, 0.15) is 31.4 Å². The highest BCUT2D eigenvalue weighted by atomic mass is 32.2. The van der Waals surface area contributed by atoms with Crippen molar-refractivity contribution in [3.63, 3.8) is 0 Å². The molecule has 0 radical (unpaired) electrons. The Balaban J connectivity index is 3.06. The van der Waals surface area contributed by atoms with E-state index in [2.05, 4.69) is 12.3 Å². The van der Waals surface area contributed by atoms with Crippen LogP contribution in [0.25, 0.3) is 0 Å². The lowest BCUT2D eigenvalue weighted by molar-refractivity contribution is 0.509. The third kappa shape index (κ3) is 3.30. The van der Waals surface area contributed by atoms with E-state index in [9.17, 15) is 8.42 Å². The highest BCUT2D eigenvalue weighted by Crippen LogP contribution is 2.20. The molecule has 0 heterocycles. The monoisotopic (exact) mass is 242 g/mol. The minimum Gasteiger partial charge on any atom is -0.271 e. The second-order valence-corrected chi connectivity index (χ2v) is 5.87. The second-order valence-electron chi connectivity index (χ2n) is 3.85. The molecule has 0 aromatic heterocycles. The summed E-state index contributed by atoms with van der Waals surface area (Å²) in [7, 11) is -3.15. The zero-order valence-electron chi connectivity index (χ0n) is 9.60. The Morgan fingerprint density at radius 3 is 2.62 bits per heavy atom. The molecule has 0 spiro atoms. The van der Waals surface area contributed by atoms with Crippen molar-refractivity contribution in [3.05, 3.63) is 29.8 Å². The van der Waals surface area contributed by atoms with E-state index in [1.807, 2.05) is 6.07 Å². The molecule has 0 saturated carbocycles. The van der Waals surface area contributed by atoms with Crippen LogP contribution in [-0.4, -0.2) is 14.7 Å². The molecule has 90 valence electrons. The van der Waals surface area contributed by atoms with Crippen molar-refractivity contribution >= 4 is 9.84 Å². The Bertz CT molecular complexity index is 443. The maximum absolute atomic E-state index is 11.4. The molecule has 1 atom stereocenters. The summed E-state index contributed by atoms with van der Waals surface area (Å²) in [6.07, 6.45) is 3.07. The molecule has 1 unspecified atom stereocenters. The first-order chi connectivity index (χ1) is 7.49. The molecule has 4 nitrogen and oxygen atoms in total. The summed E-state index contributed by atoms with van der Waals surface area (Å²) in [6.45, 7) is 2.06. The van der Waals surface area contributed by atoms with E-state index in [1.165, 1.54) is 6.26 Å². The molecule has 0 saturated heterocycles. The third-order valence-electron chi connectivity index (χ3n) is 2.47. The van der Waals surface area contributed by atoms with Crippen LogP contribution in [0.3, 0.4) is 0 Å². The summed E-state index contributed by atoms with van der Waals surface area (Å²) < 4.78 is 22.8. The van der Waals surface area contributed by atoms with E-state index in [0.29, 0.717) is 4.90 Å². The van der Waals surface area contributed by atoms with Gasteiger partial charge in [-0.1, -0.05) is 25.5 Å². The average molecular weight is 242 g/mol. The fraction of sp³-hybridized carbons (Fsp3) is 0.455. The lowest BCUT2D eigenvalue weighted by Crippen LogP contribution is -2.27. The van der Waals surface area contributed by atoms with Gasteiger partial charge >= 0.3 is 0 Å². The van der Waals surface area contributed by atoms with Gasteiger partial charge in [0.25, 0.3) is 0 Å². The van der Waals surface area contributed by atoms with Crippen LogP contribution in [0.4, 0.5) is 0 Å². The summed E-state index contributed by atoms with van der Waals surface area (Å²) in [6, 6.07) is 6.90. The topological polar surface area (TPSA) is 72.2 Å². The van der Waals surface area contributed by atoms with Crippen molar-refractivity contribution < 1.29 is 8.42 Å². The lowest BCUT2D eigenvalue weighted by atomic mass is 10.0. The van der Waals surface area contributed by atoms with Gasteiger partial charge in [0.2, 0.25) is 0 Å². The zero-order valence-corrected chi connectivity index (χ0v) is 10.4. The maximum atomic E-state index is 11.4. The van der Waals surface area contributed by atoms with Crippen LogP contribution >= 0.6 is 0 Å². The Morgan fingerprint density at radius 2 is 2.12 bits per heavy atom. The summed E-state index contributed by atoms with van der Waals surface area (Å²) >= 11 is 0. The summed E-state index contributed by atoms with van der Waals surface area (Å²) in [5, 5.41) is 0. The number of sulfone groups is 1. The first-order valence-corrected chi connectivity index (χ1v) is 7.14. The van der Waals surface area contributed by atoms with Gasteiger partial charge in [0, 0.05) is 12.3 Å². The van der Waals surface area contributed by atoms with E-state index >= 15 is 0 Å². The number of hydrogen-bond acceptors (Lipinski definition) is 4. The lowest BCUT2D eigenvalue weighted by Gasteiger charge is -2.15. The molecule has 0 aliphatic heterocycles. The molecule has 0 fully saturated rings. The van der Waals surface area contributed by atoms with Crippen molar-refractivity contribution in [2.75, 3.05) is 6.26 Å². The largest absolute Gasteiger partial charge is 0.271 e. The minimum absolute atomic E-state index is 0.00620. The first-order valence-electron chi connectivity index (χ1n) is 5.25. The molecule has 0 aliphatic rings. The van der Waals surface area contributed by atoms with Crippen LogP contribution in [0, 0.1) is 0 Å². The normalized spacial score (nSPS) is 13.7. The van der Waals surface area contributed by atoms with Gasteiger partial charge in [0.05, 0.1) is 4.90 Å². The van der Waals surface area contributed by atoms with E-state index in [-0.39, 0.29) is 6.04 Å². The molecule has 1 rings (SSSR count). The van der Waals surface area contributed by atoms with Crippen molar-refractivity contribution in [2.45, 2.75) is 30.7 Å². The Labute approximate surface area is 96.7 Å². The maximum Gasteiger partial charge on any atom is 0.175 e. The molecule has 5 heteroatoms. The summed E-state index contributed by atoms with van der Waals surface area (Å²) in [5.41, 5.74) is 3.61. The van der Waals surface area contributed by atoms with Crippen molar-refractivity contribution in [1.82, 2.24) is 5.43 Å². The van der Waals surface area contributed by atoms with Crippen molar-refractivity contribution in [1.29, 1.82) is 0 Å². The van der Waals surface area contributed by atoms with Gasteiger partial charge in [-0.2, -0.15) is 0 Å². The number of nitrogens with two attached hydrogens (primary N) is 1. The fourth-order valence-corrected chi connectivity index (χ4v) is 2.27. The average Bonchev–Trinajstić information content (AvgIpc) is 2.25. The van der Waals surface area contributed by atoms with Gasteiger partial charge in [-0.25, -0.2) is 8.42 Å². The number of rotatable bonds is 5. The van der Waals surface area contributed by atoms with Crippen molar-refractivity contribution in [3.8, 4) is 0 Å². The predicted octanol–water partition coefficient (Wildman–Crippen LogP) is 1.39. The smallest absolute Gasteiger partial charge is 0.175 e. The standard InChI is InChI=1S/C11H18N2O2S/c1-3-5-11(13-12)9-6-4-7-10(8-9)16(2,14)15/h4,6-8,11,13H,3,5,12H2,1-2H3. The number of benzene rings is 1. The van der Waals surface area contributed by atoms with Gasteiger partial charge in [-0.15, -0.1) is 0 Å². The SMILES string of the molecule is CCCC(NN)c1cccc(S(C)(=O)=O)c1. The summed E-state index contributed by atoms with van der Waals surface area (Å²) in [4.78, 5) is 0.335. The molecule has 1 aromatic carbocycles. The van der Waals surface area contributed by atoms with E-state index in [4.69, 9.17) is 5.84 Å². The Morgan fingerprint density at radius 1 is 1.44 bits per heavy atom. The molecule has 16 heavy (non-hydrogen) atoms. The van der Waals surface area contributed by atoms with Gasteiger partial charge < -0.3 is 0 Å². The molecule has 0 bridgehead atoms. The Kier molecular flexibility index (Phi) is 4.46. The number of nitrogens with one attached hydrogen (secondary N) is 1. The molecule has 1 aromatic rings. The molecule has 0 aliphatic carbocycles. The van der Waals surface area contributed by atoms with Gasteiger partial charge in [0.15, 0.2) is 9.84 Å². The third-order valence-corrected chi connectivity index (χ3v) is 3.58. The zero-order chi connectivity index (χ0) is 12.2. The Hall–Kier alpha value is -0.910. The van der Waals surface area contributed by atoms with E-state index in [1.54, 1.807) is 18.2 Å². The highest BCUT2D eigenvalue weighted by molar-refractivity contribution is 7.90. The van der Waals surface area contributed by atoms with Crippen LogP contribution in [0.15, 0.2) is 29.2 Å². The molecular formula is C11H18N2O2S. The van der Waals surface area contributed by atoms with Gasteiger partial charge in [-0.3, -0.25) is 11.3 Å². The van der Waals surface area contributed by atoms with Crippen LogP contribution in [0.5, 0.6) is 0 Å². The number of hydrazine groups is 1. The molecule has 3 N–H and O–H groups in total. The van der Waals surface area contributed by atoms with Gasteiger partial charge in [0.1, 0.15) is 0 Å². The van der Waals surface area contributed by atoms with E-state index < -0.39 is 9.84 Å². The fourth-order valence-electron chi connectivity index (χ4n) is 1.60. The minimum atomic E-state index is -3.15. The first kappa shape index (κ1) is 13.2. The second kappa shape index (κ2) is 5.43. The van der Waals surface area contributed by atoms with E-state index in [0.717, 1.165) is 18.4 Å².